The molecule has 0 bridgehead atoms. The maximum absolute atomic E-state index is 14.0. The molecule has 6 nitrogen and oxygen atoms in total. The van der Waals surface area contributed by atoms with Crippen molar-refractivity contribution in [1.29, 1.82) is 0 Å². The van der Waals surface area contributed by atoms with Gasteiger partial charge in [-0.1, -0.05) is 30.3 Å². The first-order valence-electron chi connectivity index (χ1n) is 9.60. The van der Waals surface area contributed by atoms with E-state index in [0.29, 0.717) is 25.5 Å². The van der Waals surface area contributed by atoms with E-state index in [1.807, 2.05) is 44.2 Å². The van der Waals surface area contributed by atoms with Crippen molar-refractivity contribution >= 4 is 17.6 Å². The van der Waals surface area contributed by atoms with Gasteiger partial charge in [-0.05, 0) is 25.8 Å². The standard InChI is InChI=1S/C21H25FN4O2/c1-21(2)14-25(17-12-18(22)24-19-16(17)8-9-23-19)10-11-26(21)20(27)28-13-15-6-4-3-5-7-15/h3-7,12H,8-11,13-14H2,1-2H3,(H,23,24). The number of halogens is 1. The van der Waals surface area contributed by atoms with Crippen LogP contribution in [-0.2, 0) is 17.8 Å². The van der Waals surface area contributed by atoms with E-state index in [9.17, 15) is 9.18 Å². The fourth-order valence-electron chi connectivity index (χ4n) is 4.00. The molecule has 1 N–H and O–H groups in total. The minimum Gasteiger partial charge on any atom is -0.445 e. The highest BCUT2D eigenvalue weighted by Gasteiger charge is 2.39. The lowest BCUT2D eigenvalue weighted by Crippen LogP contribution is -2.61. The van der Waals surface area contributed by atoms with Gasteiger partial charge in [0.1, 0.15) is 12.4 Å². The molecular weight excluding hydrogens is 359 g/mol. The molecule has 28 heavy (non-hydrogen) atoms. The lowest BCUT2D eigenvalue weighted by Gasteiger charge is -2.47. The number of pyridine rings is 1. The summed E-state index contributed by atoms with van der Waals surface area (Å²) >= 11 is 0. The zero-order valence-electron chi connectivity index (χ0n) is 16.2. The average molecular weight is 384 g/mol. The van der Waals surface area contributed by atoms with Crippen LogP contribution in [0.5, 0.6) is 0 Å². The van der Waals surface area contributed by atoms with E-state index >= 15 is 0 Å². The number of rotatable bonds is 3. The monoisotopic (exact) mass is 384 g/mol. The molecule has 1 amide bonds. The normalized spacial score (nSPS) is 17.8. The Labute approximate surface area is 164 Å². The largest absolute Gasteiger partial charge is 0.445 e. The van der Waals surface area contributed by atoms with Gasteiger partial charge in [0.15, 0.2) is 0 Å². The van der Waals surface area contributed by atoms with E-state index in [1.54, 1.807) is 4.90 Å². The van der Waals surface area contributed by atoms with Crippen molar-refractivity contribution < 1.29 is 13.9 Å². The molecule has 0 saturated carbocycles. The first-order chi connectivity index (χ1) is 13.4. The molecular formula is C21H25FN4O2. The summed E-state index contributed by atoms with van der Waals surface area (Å²) in [5, 5.41) is 3.14. The zero-order valence-corrected chi connectivity index (χ0v) is 16.2. The maximum atomic E-state index is 14.0. The van der Waals surface area contributed by atoms with Crippen LogP contribution >= 0.6 is 0 Å². The van der Waals surface area contributed by atoms with Gasteiger partial charge in [-0.3, -0.25) is 4.90 Å². The van der Waals surface area contributed by atoms with Crippen LogP contribution in [0, 0.1) is 5.95 Å². The summed E-state index contributed by atoms with van der Waals surface area (Å²) in [5.74, 6) is 0.156. The van der Waals surface area contributed by atoms with Gasteiger partial charge in [-0.25, -0.2) is 9.78 Å². The molecule has 0 aliphatic carbocycles. The minimum absolute atomic E-state index is 0.255. The second kappa shape index (κ2) is 7.30. The van der Waals surface area contributed by atoms with Crippen molar-refractivity contribution in [2.75, 3.05) is 36.4 Å². The van der Waals surface area contributed by atoms with Crippen molar-refractivity contribution in [3.05, 3.63) is 53.5 Å². The van der Waals surface area contributed by atoms with E-state index in [0.717, 1.165) is 29.8 Å². The Balaban J connectivity index is 1.46. The molecule has 0 spiro atoms. The fraction of sp³-hybridized carbons (Fsp3) is 0.429. The van der Waals surface area contributed by atoms with Gasteiger partial charge in [0.2, 0.25) is 5.95 Å². The number of aromatic nitrogens is 1. The number of hydrogen-bond donors (Lipinski definition) is 1. The molecule has 0 radical (unpaired) electrons. The average Bonchev–Trinajstić information content (AvgIpc) is 3.13. The van der Waals surface area contributed by atoms with E-state index in [2.05, 4.69) is 15.2 Å². The summed E-state index contributed by atoms with van der Waals surface area (Å²) in [6.07, 6.45) is 0.513. The number of ether oxygens (including phenoxy) is 1. The molecule has 2 aliphatic rings. The third-order valence-electron chi connectivity index (χ3n) is 5.41. The number of piperazine rings is 1. The number of nitrogens with zero attached hydrogens (tertiary/aromatic N) is 3. The van der Waals surface area contributed by atoms with Crippen LogP contribution in [0.4, 0.5) is 20.7 Å². The lowest BCUT2D eigenvalue weighted by atomic mass is 9.98. The highest BCUT2D eigenvalue weighted by molar-refractivity contribution is 5.71. The molecule has 4 rings (SSSR count). The van der Waals surface area contributed by atoms with Gasteiger partial charge in [0, 0.05) is 43.5 Å². The van der Waals surface area contributed by atoms with Crippen LogP contribution in [0.1, 0.15) is 25.0 Å². The smallest absolute Gasteiger partial charge is 0.410 e. The van der Waals surface area contributed by atoms with Crippen LogP contribution in [0.3, 0.4) is 0 Å². The highest BCUT2D eigenvalue weighted by atomic mass is 19.1. The summed E-state index contributed by atoms with van der Waals surface area (Å²) in [6.45, 7) is 6.80. The van der Waals surface area contributed by atoms with Gasteiger partial charge >= 0.3 is 6.09 Å². The van der Waals surface area contributed by atoms with E-state index in [1.165, 1.54) is 6.07 Å². The third kappa shape index (κ3) is 3.61. The Morgan fingerprint density at radius 1 is 1.29 bits per heavy atom. The van der Waals surface area contributed by atoms with Crippen molar-refractivity contribution in [2.24, 2.45) is 0 Å². The minimum atomic E-state index is -0.481. The number of carbonyl (C=O) groups excluding carboxylic acids is 1. The summed E-state index contributed by atoms with van der Waals surface area (Å²) in [7, 11) is 0. The number of amides is 1. The number of carbonyl (C=O) groups is 1. The fourth-order valence-corrected chi connectivity index (χ4v) is 4.00. The molecule has 7 heteroatoms. The Kier molecular flexibility index (Phi) is 4.83. The molecule has 2 aliphatic heterocycles. The summed E-state index contributed by atoms with van der Waals surface area (Å²) < 4.78 is 19.5. The second-order valence-electron chi connectivity index (χ2n) is 7.89. The Hall–Kier alpha value is -2.83. The first kappa shape index (κ1) is 18.5. The Bertz CT molecular complexity index is 872. The summed E-state index contributed by atoms with van der Waals surface area (Å²) in [5.41, 5.74) is 2.45. The molecule has 1 saturated heterocycles. The maximum Gasteiger partial charge on any atom is 0.410 e. The van der Waals surface area contributed by atoms with Crippen molar-refractivity contribution in [3.8, 4) is 0 Å². The molecule has 148 valence electrons. The van der Waals surface area contributed by atoms with Gasteiger partial charge in [0.25, 0.3) is 0 Å². The lowest BCUT2D eigenvalue weighted by molar-refractivity contribution is 0.0515. The molecule has 0 atom stereocenters. The van der Waals surface area contributed by atoms with Crippen LogP contribution in [0.15, 0.2) is 36.4 Å². The SMILES string of the molecule is CC1(C)CN(c2cc(F)nc3c2CCN3)CCN1C(=O)OCc1ccccc1. The van der Waals surface area contributed by atoms with Gasteiger partial charge in [0.05, 0.1) is 5.54 Å². The molecule has 0 unspecified atom stereocenters. The third-order valence-corrected chi connectivity index (χ3v) is 5.41. The van der Waals surface area contributed by atoms with Crippen molar-refractivity contribution in [2.45, 2.75) is 32.4 Å². The number of nitrogens with one attached hydrogen (secondary N) is 1. The Morgan fingerprint density at radius 2 is 2.07 bits per heavy atom. The quantitative estimate of drug-likeness (QED) is 0.822. The topological polar surface area (TPSA) is 57.7 Å². The molecule has 1 aromatic carbocycles. The summed E-state index contributed by atoms with van der Waals surface area (Å²) in [6, 6.07) is 11.2. The van der Waals surface area contributed by atoms with E-state index in [4.69, 9.17) is 4.74 Å². The van der Waals surface area contributed by atoms with E-state index in [-0.39, 0.29) is 12.7 Å². The van der Waals surface area contributed by atoms with Gasteiger partial charge in [-0.2, -0.15) is 4.39 Å². The molecule has 1 fully saturated rings. The van der Waals surface area contributed by atoms with Gasteiger partial charge in [-0.15, -0.1) is 0 Å². The molecule has 3 heterocycles. The summed E-state index contributed by atoms with van der Waals surface area (Å²) in [4.78, 5) is 20.5. The number of anilines is 2. The first-order valence-corrected chi connectivity index (χ1v) is 9.60. The zero-order chi connectivity index (χ0) is 19.7. The molecule has 1 aromatic heterocycles. The van der Waals surface area contributed by atoms with Crippen molar-refractivity contribution in [1.82, 2.24) is 9.88 Å². The van der Waals surface area contributed by atoms with Crippen LogP contribution in [-0.4, -0.2) is 47.7 Å². The van der Waals surface area contributed by atoms with Crippen molar-refractivity contribution in [3.63, 3.8) is 0 Å². The van der Waals surface area contributed by atoms with E-state index < -0.39 is 11.5 Å². The van der Waals surface area contributed by atoms with Crippen LogP contribution in [0.2, 0.25) is 0 Å². The second-order valence-corrected chi connectivity index (χ2v) is 7.89. The predicted octanol–water partition coefficient (Wildman–Crippen LogP) is 3.43. The number of fused-ring (bicyclic) bond motifs is 1. The Morgan fingerprint density at radius 3 is 2.82 bits per heavy atom. The van der Waals surface area contributed by atoms with Crippen LogP contribution in [0.25, 0.3) is 0 Å². The number of hydrogen-bond acceptors (Lipinski definition) is 5. The highest BCUT2D eigenvalue weighted by Crippen LogP contribution is 2.34. The molecule has 2 aromatic rings. The van der Waals surface area contributed by atoms with Crippen LogP contribution < -0.4 is 10.2 Å². The van der Waals surface area contributed by atoms with Gasteiger partial charge < -0.3 is 15.0 Å². The predicted molar refractivity (Wildman–Crippen MR) is 106 cm³/mol. The number of benzene rings is 1.